The Hall–Kier alpha value is -2.97. The number of nitrogens with one attached hydrogen (secondary N) is 1. The second kappa shape index (κ2) is 5.99. The topological polar surface area (TPSA) is 116 Å². The molecule has 0 radical (unpaired) electrons. The number of carbonyl (C=O) groups excluding carboxylic acids is 1. The molecule has 0 saturated heterocycles. The minimum Gasteiger partial charge on any atom is -0.399 e. The van der Waals surface area contributed by atoms with E-state index in [0.717, 1.165) is 0 Å². The van der Waals surface area contributed by atoms with Crippen LogP contribution in [0.3, 0.4) is 0 Å². The van der Waals surface area contributed by atoms with Crippen LogP contribution in [0, 0.1) is 10.1 Å². The van der Waals surface area contributed by atoms with Crippen molar-refractivity contribution in [3.05, 3.63) is 34.0 Å². The minimum atomic E-state index is -0.623. The van der Waals surface area contributed by atoms with Crippen molar-refractivity contribution in [2.75, 3.05) is 0 Å². The molecule has 1 amide bonds. The summed E-state index contributed by atoms with van der Waals surface area (Å²) in [7, 11) is 1.70. The van der Waals surface area contributed by atoms with Crippen LogP contribution in [0.5, 0.6) is 0 Å². The molecule has 0 aliphatic carbocycles. The lowest BCUT2D eigenvalue weighted by Crippen LogP contribution is -2.15. The molecule has 0 atom stereocenters. The van der Waals surface area contributed by atoms with Crippen molar-refractivity contribution in [2.45, 2.75) is 13.3 Å². The van der Waals surface area contributed by atoms with Gasteiger partial charge in [0.1, 0.15) is 10.6 Å². The maximum Gasteiger partial charge on any atom is 0.433 e. The molecule has 2 rings (SSSR count). The van der Waals surface area contributed by atoms with Crippen LogP contribution in [0.2, 0.25) is 0 Å². The van der Waals surface area contributed by atoms with Crippen LogP contribution in [0.25, 0.3) is 11.5 Å². The molecular weight excluding hydrogens is 278 g/mol. The lowest BCUT2D eigenvalue weighted by atomic mass is 10.2. The fourth-order valence-corrected chi connectivity index (χ4v) is 1.60. The molecule has 1 N–H and O–H groups in total. The predicted octanol–water partition coefficient (Wildman–Crippen LogP) is 1.45. The molecule has 110 valence electrons. The van der Waals surface area contributed by atoms with Gasteiger partial charge in [-0.1, -0.05) is 6.92 Å². The van der Waals surface area contributed by atoms with Crippen molar-refractivity contribution in [1.29, 1.82) is 0 Å². The average molecular weight is 291 g/mol. The Labute approximate surface area is 119 Å². The number of hydrogen-bond acceptors (Lipinski definition) is 6. The van der Waals surface area contributed by atoms with E-state index in [1.165, 1.54) is 23.0 Å². The molecule has 21 heavy (non-hydrogen) atoms. The summed E-state index contributed by atoms with van der Waals surface area (Å²) in [5.41, 5.74) is 3.32. The molecule has 2 aromatic rings. The molecule has 0 unspecified atom stereocenters. The first-order valence-electron chi connectivity index (χ1n) is 6.11. The Morgan fingerprint density at radius 3 is 3.00 bits per heavy atom. The van der Waals surface area contributed by atoms with Gasteiger partial charge in [0.2, 0.25) is 5.91 Å². The number of rotatable bonds is 5. The first-order valence-corrected chi connectivity index (χ1v) is 6.11. The Bertz CT molecular complexity index is 700. The van der Waals surface area contributed by atoms with Crippen LogP contribution in [0.15, 0.2) is 27.8 Å². The summed E-state index contributed by atoms with van der Waals surface area (Å²) in [4.78, 5) is 21.1. The number of hydrazone groups is 1. The van der Waals surface area contributed by atoms with Gasteiger partial charge in [-0.3, -0.25) is 19.6 Å². The Kier molecular flexibility index (Phi) is 4.12. The van der Waals surface area contributed by atoms with Gasteiger partial charge in [-0.25, -0.2) is 5.43 Å². The first kappa shape index (κ1) is 14.4. The highest BCUT2D eigenvalue weighted by atomic mass is 16.6. The molecular formula is C12H13N5O4. The van der Waals surface area contributed by atoms with Gasteiger partial charge >= 0.3 is 5.88 Å². The van der Waals surface area contributed by atoms with Gasteiger partial charge in [-0.05, 0) is 6.07 Å². The van der Waals surface area contributed by atoms with Gasteiger partial charge in [0.15, 0.2) is 5.76 Å². The van der Waals surface area contributed by atoms with E-state index in [0.29, 0.717) is 17.7 Å². The van der Waals surface area contributed by atoms with E-state index >= 15 is 0 Å². The summed E-state index contributed by atoms with van der Waals surface area (Å²) in [6.07, 6.45) is 3.39. The number of furan rings is 1. The van der Waals surface area contributed by atoms with Crippen LogP contribution in [-0.4, -0.2) is 26.8 Å². The van der Waals surface area contributed by atoms with Crippen LogP contribution >= 0.6 is 0 Å². The van der Waals surface area contributed by atoms with Crippen molar-refractivity contribution in [2.24, 2.45) is 12.1 Å². The summed E-state index contributed by atoms with van der Waals surface area (Å²) in [5.74, 6) is -0.325. The van der Waals surface area contributed by atoms with Crippen molar-refractivity contribution >= 4 is 18.0 Å². The molecule has 0 aliphatic rings. The Morgan fingerprint density at radius 2 is 2.38 bits per heavy atom. The number of nitro groups is 1. The highest BCUT2D eigenvalue weighted by Crippen LogP contribution is 2.26. The van der Waals surface area contributed by atoms with E-state index in [9.17, 15) is 14.9 Å². The van der Waals surface area contributed by atoms with Gasteiger partial charge in [0, 0.05) is 25.2 Å². The van der Waals surface area contributed by atoms with Gasteiger partial charge in [0.05, 0.1) is 12.3 Å². The van der Waals surface area contributed by atoms with Gasteiger partial charge < -0.3 is 4.42 Å². The summed E-state index contributed by atoms with van der Waals surface area (Å²) >= 11 is 0. The molecule has 0 spiro atoms. The number of aromatic nitrogens is 2. The normalized spacial score (nSPS) is 11.0. The van der Waals surface area contributed by atoms with Crippen molar-refractivity contribution in [3.8, 4) is 11.5 Å². The van der Waals surface area contributed by atoms with Crippen molar-refractivity contribution < 1.29 is 14.1 Å². The fraction of sp³-hybridized carbons (Fsp3) is 0.250. The average Bonchev–Trinajstić information content (AvgIpc) is 3.05. The zero-order valence-electron chi connectivity index (χ0n) is 11.4. The fourth-order valence-electron chi connectivity index (χ4n) is 1.60. The number of carbonyl (C=O) groups is 1. The molecule has 0 fully saturated rings. The SMILES string of the molecule is CCC(=O)N/N=C/c1cn(C)nc1-c1ccc([N+](=O)[O-])o1. The quantitative estimate of drug-likeness (QED) is 0.508. The van der Waals surface area contributed by atoms with Crippen molar-refractivity contribution in [3.63, 3.8) is 0 Å². The van der Waals surface area contributed by atoms with Crippen LogP contribution in [0.4, 0.5) is 5.88 Å². The van der Waals surface area contributed by atoms with E-state index in [1.807, 2.05) is 0 Å². The molecule has 2 heterocycles. The van der Waals surface area contributed by atoms with E-state index in [-0.39, 0.29) is 17.6 Å². The van der Waals surface area contributed by atoms with E-state index in [1.54, 1.807) is 20.2 Å². The third-order valence-electron chi connectivity index (χ3n) is 2.58. The Balaban J connectivity index is 2.27. The third kappa shape index (κ3) is 3.32. The van der Waals surface area contributed by atoms with Crippen LogP contribution < -0.4 is 5.43 Å². The van der Waals surface area contributed by atoms with Crippen LogP contribution in [-0.2, 0) is 11.8 Å². The summed E-state index contributed by atoms with van der Waals surface area (Å²) in [6, 6.07) is 2.71. The third-order valence-corrected chi connectivity index (χ3v) is 2.58. The minimum absolute atomic E-state index is 0.217. The first-order chi connectivity index (χ1) is 10.0. The largest absolute Gasteiger partial charge is 0.433 e. The van der Waals surface area contributed by atoms with E-state index in [4.69, 9.17) is 4.42 Å². The number of amides is 1. The lowest BCUT2D eigenvalue weighted by molar-refractivity contribution is -0.401. The van der Waals surface area contributed by atoms with Gasteiger partial charge in [-0.15, -0.1) is 0 Å². The molecule has 0 aliphatic heterocycles. The summed E-state index contributed by atoms with van der Waals surface area (Å²) in [5, 5.41) is 18.6. The number of aryl methyl sites for hydroxylation is 1. The molecule has 2 aromatic heterocycles. The van der Waals surface area contributed by atoms with E-state index < -0.39 is 4.92 Å². The zero-order chi connectivity index (χ0) is 15.4. The summed E-state index contributed by atoms with van der Waals surface area (Å²) < 4.78 is 6.63. The second-order valence-electron chi connectivity index (χ2n) is 4.15. The second-order valence-corrected chi connectivity index (χ2v) is 4.15. The van der Waals surface area contributed by atoms with Crippen molar-refractivity contribution in [1.82, 2.24) is 15.2 Å². The monoisotopic (exact) mass is 291 g/mol. The number of hydrogen-bond donors (Lipinski definition) is 1. The molecule has 9 heteroatoms. The maximum absolute atomic E-state index is 11.1. The molecule has 0 bridgehead atoms. The molecule has 0 saturated carbocycles. The molecule has 0 aromatic carbocycles. The molecule has 9 nitrogen and oxygen atoms in total. The predicted molar refractivity (Wildman–Crippen MR) is 73.6 cm³/mol. The highest BCUT2D eigenvalue weighted by molar-refractivity contribution is 5.88. The number of nitrogens with zero attached hydrogens (tertiary/aromatic N) is 4. The highest BCUT2D eigenvalue weighted by Gasteiger charge is 2.17. The smallest absolute Gasteiger partial charge is 0.399 e. The maximum atomic E-state index is 11.1. The van der Waals surface area contributed by atoms with Crippen LogP contribution in [0.1, 0.15) is 18.9 Å². The van der Waals surface area contributed by atoms with Gasteiger partial charge in [0.25, 0.3) is 0 Å². The van der Waals surface area contributed by atoms with Gasteiger partial charge in [-0.2, -0.15) is 10.2 Å². The zero-order valence-corrected chi connectivity index (χ0v) is 11.4. The summed E-state index contributed by atoms with van der Waals surface area (Å²) in [6.45, 7) is 1.71. The lowest BCUT2D eigenvalue weighted by Gasteiger charge is -1.94. The van der Waals surface area contributed by atoms with E-state index in [2.05, 4.69) is 15.6 Å². The standard InChI is InChI=1S/C12H13N5O4/c1-3-10(18)14-13-6-8-7-16(2)15-12(8)9-4-5-11(21-9)17(19)20/h4-7H,3H2,1-2H3,(H,14,18)/b13-6+. The Morgan fingerprint density at radius 1 is 1.62 bits per heavy atom.